The summed E-state index contributed by atoms with van der Waals surface area (Å²) in [5.41, 5.74) is 1.43. The number of hydrogen-bond donors (Lipinski definition) is 1. The van der Waals surface area contributed by atoms with Crippen LogP contribution in [0.2, 0.25) is 0 Å². The number of aryl methyl sites for hydroxylation is 1. The predicted molar refractivity (Wildman–Crippen MR) is 139 cm³/mol. The Labute approximate surface area is 205 Å². The van der Waals surface area contributed by atoms with Crippen molar-refractivity contribution < 1.29 is 23.8 Å². The van der Waals surface area contributed by atoms with Crippen molar-refractivity contribution in [1.29, 1.82) is 0 Å². The first-order chi connectivity index (χ1) is 15.1. The van der Waals surface area contributed by atoms with E-state index in [1.54, 1.807) is 14.2 Å². The molecule has 2 heterocycles. The number of hydrogen-bond acceptors (Lipinski definition) is 6. The Bertz CT molecular complexity index is 560. The highest BCUT2D eigenvalue weighted by atomic mass is 79.9. The van der Waals surface area contributed by atoms with Crippen molar-refractivity contribution in [3.05, 3.63) is 21.9 Å². The lowest BCUT2D eigenvalue weighted by molar-refractivity contribution is -0.138. The summed E-state index contributed by atoms with van der Waals surface area (Å²) in [5.74, 6) is 0. The van der Waals surface area contributed by atoms with E-state index in [-0.39, 0.29) is 11.1 Å². The number of aromatic nitrogens is 1. The number of nitrogens with one attached hydrogen (secondary N) is 1. The van der Waals surface area contributed by atoms with Crippen molar-refractivity contribution in [2.75, 3.05) is 34.5 Å². The topological polar surface area (TPSA) is 78.8 Å². The van der Waals surface area contributed by atoms with Crippen molar-refractivity contribution in [3.63, 3.8) is 0 Å². The minimum atomic E-state index is -0.318. The lowest BCUT2D eigenvalue weighted by Crippen LogP contribution is -2.61. The molecule has 0 saturated carbocycles. The second-order valence-corrected chi connectivity index (χ2v) is 7.81. The Morgan fingerprint density at radius 2 is 1.56 bits per heavy atom. The molecule has 0 amide bonds. The fraction of sp³-hybridized carbons (Fsp3) is 0.750. The molecule has 0 aliphatic carbocycles. The van der Waals surface area contributed by atoms with Crippen LogP contribution in [0.4, 0.5) is 0 Å². The van der Waals surface area contributed by atoms with E-state index in [2.05, 4.69) is 30.7 Å². The number of nitrogens with zero attached hydrogens (tertiary/aromatic N) is 1. The summed E-state index contributed by atoms with van der Waals surface area (Å²) in [7, 11) is 5.18. The summed E-state index contributed by atoms with van der Waals surface area (Å²) >= 11 is 3.43. The van der Waals surface area contributed by atoms with Crippen LogP contribution >= 0.6 is 15.9 Å². The van der Waals surface area contributed by atoms with E-state index < -0.39 is 0 Å². The SMILES string of the molecule is CC.CC.CC.CC(C)(C)OC=O.CNC1(Cn2cc(C)c(Br)c2C=O)COC1.COC. The van der Waals surface area contributed by atoms with Crippen molar-refractivity contribution in [2.24, 2.45) is 0 Å². The molecule has 1 fully saturated rings. The monoisotopic (exact) mass is 524 g/mol. The molecule has 0 aromatic carbocycles. The first-order valence-corrected chi connectivity index (χ1v) is 12.0. The average molecular weight is 526 g/mol. The van der Waals surface area contributed by atoms with Crippen LogP contribution in [0.25, 0.3) is 0 Å². The molecular weight excluding hydrogens is 476 g/mol. The van der Waals surface area contributed by atoms with Crippen molar-refractivity contribution >= 4 is 28.7 Å². The van der Waals surface area contributed by atoms with Gasteiger partial charge in [-0.2, -0.15) is 0 Å². The molecule has 1 aliphatic heterocycles. The molecule has 1 N–H and O–H groups in total. The van der Waals surface area contributed by atoms with Gasteiger partial charge >= 0.3 is 0 Å². The summed E-state index contributed by atoms with van der Waals surface area (Å²) in [6.07, 6.45) is 2.88. The summed E-state index contributed by atoms with van der Waals surface area (Å²) in [4.78, 5) is 20.6. The molecule has 2 rings (SSSR count). The standard InChI is InChI=1S/C11H15BrN2O2.C5H10O2.C2H6O.3C2H6/c1-8-3-14(9(4-15)10(8)12)5-11(13-2)6-16-7-11;1-5(2,3)7-4-6;1-3-2;3*1-2/h3-4,13H,5-7H2,1-2H3;4H,1-3H3;1-2H3;3*1-2H3. The number of ether oxygens (including phenoxy) is 3. The number of carbonyl (C=O) groups is 2. The van der Waals surface area contributed by atoms with Gasteiger partial charge in [0.15, 0.2) is 6.29 Å². The number of carbonyl (C=O) groups excluding carboxylic acids is 2. The molecule has 1 saturated heterocycles. The van der Waals surface area contributed by atoms with E-state index in [1.165, 1.54) is 0 Å². The van der Waals surface area contributed by atoms with Crippen LogP contribution in [0.1, 0.15) is 78.4 Å². The number of halogens is 1. The first kappa shape index (κ1) is 38.1. The fourth-order valence-corrected chi connectivity index (χ4v) is 2.50. The third kappa shape index (κ3) is 16.4. The van der Waals surface area contributed by atoms with Crippen molar-refractivity contribution in [2.45, 2.75) is 86.9 Å². The number of likely N-dealkylation sites (N-methyl/N-ethyl adjacent to an activating group) is 1. The Morgan fingerprint density at radius 3 is 1.78 bits per heavy atom. The van der Waals surface area contributed by atoms with Crippen LogP contribution in [0.5, 0.6) is 0 Å². The minimum absolute atomic E-state index is 0.0251. The third-order valence-corrected chi connectivity index (χ3v) is 4.54. The maximum atomic E-state index is 11.0. The zero-order valence-corrected chi connectivity index (χ0v) is 24.3. The fourth-order valence-electron chi connectivity index (χ4n) is 2.07. The largest absolute Gasteiger partial charge is 0.462 e. The van der Waals surface area contributed by atoms with Gasteiger partial charge in [0.1, 0.15) is 5.60 Å². The molecule has 0 spiro atoms. The van der Waals surface area contributed by atoms with Crippen molar-refractivity contribution in [3.8, 4) is 0 Å². The minimum Gasteiger partial charge on any atom is -0.462 e. The van der Waals surface area contributed by atoms with Crippen LogP contribution in [-0.2, 0) is 25.5 Å². The second-order valence-electron chi connectivity index (χ2n) is 7.01. The molecule has 0 bridgehead atoms. The van der Waals surface area contributed by atoms with E-state index in [0.29, 0.717) is 25.4 Å². The van der Waals surface area contributed by atoms with Gasteiger partial charge in [-0.1, -0.05) is 41.5 Å². The van der Waals surface area contributed by atoms with Gasteiger partial charge < -0.3 is 24.1 Å². The van der Waals surface area contributed by atoms with E-state index in [4.69, 9.17) is 4.74 Å². The van der Waals surface area contributed by atoms with Crippen LogP contribution in [-0.4, -0.2) is 62.9 Å². The molecular formula is C24H49BrN2O5. The van der Waals surface area contributed by atoms with Crippen LogP contribution < -0.4 is 5.32 Å². The zero-order valence-electron chi connectivity index (χ0n) is 22.7. The quantitative estimate of drug-likeness (QED) is 0.500. The summed E-state index contributed by atoms with van der Waals surface area (Å²) in [6, 6.07) is 0. The van der Waals surface area contributed by atoms with Crippen LogP contribution in [0, 0.1) is 6.92 Å². The van der Waals surface area contributed by atoms with Gasteiger partial charge in [-0.3, -0.25) is 9.59 Å². The van der Waals surface area contributed by atoms with Gasteiger partial charge in [0.2, 0.25) is 0 Å². The lowest BCUT2D eigenvalue weighted by atomic mass is 9.98. The summed E-state index contributed by atoms with van der Waals surface area (Å²) in [6.45, 7) is 22.0. The van der Waals surface area contributed by atoms with E-state index >= 15 is 0 Å². The average Bonchev–Trinajstić information content (AvgIpc) is 3.02. The van der Waals surface area contributed by atoms with Gasteiger partial charge in [-0.05, 0) is 56.2 Å². The highest BCUT2D eigenvalue weighted by Crippen LogP contribution is 2.26. The predicted octanol–water partition coefficient (Wildman–Crippen LogP) is 5.66. The van der Waals surface area contributed by atoms with Gasteiger partial charge in [0.25, 0.3) is 6.47 Å². The van der Waals surface area contributed by atoms with Crippen LogP contribution in [0.15, 0.2) is 10.7 Å². The van der Waals surface area contributed by atoms with Gasteiger partial charge in [-0.25, -0.2) is 0 Å². The summed E-state index contributed by atoms with van der Waals surface area (Å²) < 4.78 is 16.9. The van der Waals surface area contributed by atoms with Gasteiger partial charge in [0, 0.05) is 31.4 Å². The second kappa shape index (κ2) is 23.0. The van der Waals surface area contributed by atoms with Crippen LogP contribution in [0.3, 0.4) is 0 Å². The molecule has 0 atom stereocenters. The van der Waals surface area contributed by atoms with Gasteiger partial charge in [0.05, 0.1) is 24.4 Å². The Morgan fingerprint density at radius 1 is 1.12 bits per heavy atom. The van der Waals surface area contributed by atoms with Gasteiger partial charge in [-0.15, -0.1) is 0 Å². The Hall–Kier alpha value is -1.22. The molecule has 32 heavy (non-hydrogen) atoms. The number of methoxy groups -OCH3 is 1. The molecule has 7 nitrogen and oxygen atoms in total. The van der Waals surface area contributed by atoms with E-state index in [1.807, 2.05) is 87.0 Å². The molecule has 1 aromatic rings. The highest BCUT2D eigenvalue weighted by Gasteiger charge is 2.37. The maximum absolute atomic E-state index is 11.0. The number of rotatable bonds is 5. The normalized spacial score (nSPS) is 12.6. The van der Waals surface area contributed by atoms with Crippen molar-refractivity contribution in [1.82, 2.24) is 9.88 Å². The molecule has 1 aromatic heterocycles. The molecule has 0 unspecified atom stereocenters. The van der Waals surface area contributed by atoms with E-state index in [0.717, 1.165) is 22.9 Å². The zero-order chi connectivity index (χ0) is 26.4. The van der Waals surface area contributed by atoms with E-state index in [9.17, 15) is 9.59 Å². The molecule has 192 valence electrons. The Balaban J connectivity index is -0.000000206. The smallest absolute Gasteiger partial charge is 0.293 e. The number of aldehydes is 1. The molecule has 0 radical (unpaired) electrons. The summed E-state index contributed by atoms with van der Waals surface area (Å²) in [5, 5.41) is 3.27. The first-order valence-electron chi connectivity index (χ1n) is 11.2. The maximum Gasteiger partial charge on any atom is 0.293 e. The highest BCUT2D eigenvalue weighted by molar-refractivity contribution is 9.10. The lowest BCUT2D eigenvalue weighted by Gasteiger charge is -2.41. The Kier molecular flexibility index (Phi) is 27.3. The third-order valence-electron chi connectivity index (χ3n) is 3.50. The molecule has 1 aliphatic rings. The molecule has 8 heteroatoms.